The third-order valence-corrected chi connectivity index (χ3v) is 1.58. The SMILES string of the molecule is Cc1c(N)nc(CC(N)=O)[nH]c1=O. The van der Waals surface area contributed by atoms with Crippen LogP contribution in [-0.2, 0) is 11.2 Å². The van der Waals surface area contributed by atoms with E-state index in [-0.39, 0.29) is 23.6 Å². The van der Waals surface area contributed by atoms with E-state index >= 15 is 0 Å². The Morgan fingerprint density at radius 3 is 2.69 bits per heavy atom. The number of hydrogen-bond donors (Lipinski definition) is 3. The van der Waals surface area contributed by atoms with Crippen molar-refractivity contribution in [2.45, 2.75) is 13.3 Å². The first-order chi connectivity index (χ1) is 6.00. The van der Waals surface area contributed by atoms with Crippen LogP contribution in [0, 0.1) is 6.92 Å². The van der Waals surface area contributed by atoms with Crippen molar-refractivity contribution in [3.63, 3.8) is 0 Å². The molecule has 0 unspecified atom stereocenters. The Balaban J connectivity index is 3.13. The maximum Gasteiger partial charge on any atom is 0.255 e. The van der Waals surface area contributed by atoms with Crippen molar-refractivity contribution in [2.24, 2.45) is 5.73 Å². The van der Waals surface area contributed by atoms with Gasteiger partial charge >= 0.3 is 0 Å². The maximum atomic E-state index is 11.1. The van der Waals surface area contributed by atoms with Gasteiger partial charge in [0.2, 0.25) is 5.91 Å². The Hall–Kier alpha value is -1.85. The number of amides is 1. The molecule has 0 aliphatic heterocycles. The van der Waals surface area contributed by atoms with Gasteiger partial charge in [-0.05, 0) is 6.92 Å². The van der Waals surface area contributed by atoms with E-state index in [2.05, 4.69) is 9.97 Å². The summed E-state index contributed by atoms with van der Waals surface area (Å²) in [6.45, 7) is 1.55. The molecule has 6 nitrogen and oxygen atoms in total. The van der Waals surface area contributed by atoms with Gasteiger partial charge in [-0.3, -0.25) is 9.59 Å². The average molecular weight is 182 g/mol. The molecule has 0 atom stereocenters. The molecule has 1 rings (SSSR count). The predicted molar refractivity (Wildman–Crippen MR) is 46.9 cm³/mol. The lowest BCUT2D eigenvalue weighted by atomic mass is 10.3. The Bertz CT molecular complexity index is 396. The van der Waals surface area contributed by atoms with E-state index < -0.39 is 5.91 Å². The van der Waals surface area contributed by atoms with Crippen LogP contribution < -0.4 is 17.0 Å². The number of aromatic nitrogens is 2. The number of hydrogen-bond acceptors (Lipinski definition) is 4. The van der Waals surface area contributed by atoms with E-state index in [1.165, 1.54) is 0 Å². The van der Waals surface area contributed by atoms with Gasteiger partial charge in [0, 0.05) is 0 Å². The summed E-state index contributed by atoms with van der Waals surface area (Å²) < 4.78 is 0. The van der Waals surface area contributed by atoms with Crippen LogP contribution in [-0.4, -0.2) is 15.9 Å². The van der Waals surface area contributed by atoms with Gasteiger partial charge in [0.05, 0.1) is 12.0 Å². The van der Waals surface area contributed by atoms with Crippen molar-refractivity contribution in [1.29, 1.82) is 0 Å². The van der Waals surface area contributed by atoms with Gasteiger partial charge in [0.1, 0.15) is 11.6 Å². The highest BCUT2D eigenvalue weighted by Gasteiger charge is 2.05. The second kappa shape index (κ2) is 3.26. The summed E-state index contributed by atoms with van der Waals surface area (Å²) in [5, 5.41) is 0. The molecule has 1 heterocycles. The summed E-state index contributed by atoms with van der Waals surface area (Å²) >= 11 is 0. The molecule has 1 amide bonds. The van der Waals surface area contributed by atoms with E-state index in [9.17, 15) is 9.59 Å². The number of carbonyl (C=O) groups is 1. The molecule has 5 N–H and O–H groups in total. The molecule has 0 bridgehead atoms. The highest BCUT2D eigenvalue weighted by molar-refractivity contribution is 5.75. The van der Waals surface area contributed by atoms with Gasteiger partial charge in [-0.1, -0.05) is 0 Å². The normalized spacial score (nSPS) is 9.92. The minimum absolute atomic E-state index is 0.111. The minimum atomic E-state index is -0.564. The molecule has 0 spiro atoms. The first-order valence-corrected chi connectivity index (χ1v) is 3.64. The van der Waals surface area contributed by atoms with Crippen LogP contribution >= 0.6 is 0 Å². The van der Waals surface area contributed by atoms with Crippen molar-refractivity contribution >= 4 is 11.7 Å². The molecule has 1 aromatic rings. The topological polar surface area (TPSA) is 115 Å². The van der Waals surface area contributed by atoms with Gasteiger partial charge in [-0.15, -0.1) is 0 Å². The Morgan fingerprint density at radius 1 is 1.62 bits per heavy atom. The zero-order valence-electron chi connectivity index (χ0n) is 7.13. The van der Waals surface area contributed by atoms with Crippen molar-refractivity contribution in [3.8, 4) is 0 Å². The quantitative estimate of drug-likeness (QED) is 0.526. The third kappa shape index (κ3) is 2.05. The van der Waals surface area contributed by atoms with Crippen LogP contribution in [0.25, 0.3) is 0 Å². The van der Waals surface area contributed by atoms with Gasteiger partial charge < -0.3 is 16.5 Å². The van der Waals surface area contributed by atoms with Crippen LogP contribution in [0.1, 0.15) is 11.4 Å². The molecule has 6 heteroatoms. The number of nitrogens with zero attached hydrogens (tertiary/aromatic N) is 1. The summed E-state index contributed by atoms with van der Waals surface area (Å²) in [5.41, 5.74) is 10.3. The number of aromatic amines is 1. The van der Waals surface area contributed by atoms with Gasteiger partial charge in [0.15, 0.2) is 0 Å². The number of nitrogens with two attached hydrogens (primary N) is 2. The van der Waals surface area contributed by atoms with Crippen LogP contribution in [0.2, 0.25) is 0 Å². The molecule has 0 aromatic carbocycles. The predicted octanol–water partition coefficient (Wildman–Crippen LogP) is -1.31. The number of nitrogens with one attached hydrogen (secondary N) is 1. The standard InChI is InChI=1S/C7H10N4O2/c1-3-6(9)10-5(2-4(8)12)11-7(3)13/h2H2,1H3,(H2,8,12)(H3,9,10,11,13). The van der Waals surface area contributed by atoms with Crippen LogP contribution in [0.4, 0.5) is 5.82 Å². The summed E-state index contributed by atoms with van der Waals surface area (Å²) in [6, 6.07) is 0. The summed E-state index contributed by atoms with van der Waals surface area (Å²) in [6.07, 6.45) is -0.111. The average Bonchev–Trinajstić information content (AvgIpc) is 1.98. The summed E-state index contributed by atoms with van der Waals surface area (Å²) in [4.78, 5) is 27.8. The highest BCUT2D eigenvalue weighted by atomic mass is 16.1. The van der Waals surface area contributed by atoms with Crippen LogP contribution in [0.5, 0.6) is 0 Å². The largest absolute Gasteiger partial charge is 0.383 e. The van der Waals surface area contributed by atoms with Crippen LogP contribution in [0.3, 0.4) is 0 Å². The fraction of sp³-hybridized carbons (Fsp3) is 0.286. The number of anilines is 1. The van der Waals surface area contributed by atoms with E-state index in [1.807, 2.05) is 0 Å². The lowest BCUT2D eigenvalue weighted by Crippen LogP contribution is -2.22. The molecule has 0 saturated carbocycles. The number of H-pyrrole nitrogens is 1. The van der Waals surface area contributed by atoms with Crippen molar-refractivity contribution in [3.05, 3.63) is 21.7 Å². The monoisotopic (exact) mass is 182 g/mol. The van der Waals surface area contributed by atoms with Crippen LogP contribution in [0.15, 0.2) is 4.79 Å². The highest BCUT2D eigenvalue weighted by Crippen LogP contribution is 1.99. The summed E-state index contributed by atoms with van der Waals surface area (Å²) in [5.74, 6) is -0.244. The molecule has 0 aliphatic rings. The zero-order valence-corrected chi connectivity index (χ0v) is 7.13. The van der Waals surface area contributed by atoms with E-state index in [0.29, 0.717) is 5.56 Å². The number of carbonyl (C=O) groups excluding carboxylic acids is 1. The van der Waals surface area contributed by atoms with E-state index in [1.54, 1.807) is 6.92 Å². The summed E-state index contributed by atoms with van der Waals surface area (Å²) in [7, 11) is 0. The van der Waals surface area contributed by atoms with Crippen molar-refractivity contribution < 1.29 is 4.79 Å². The van der Waals surface area contributed by atoms with E-state index in [0.717, 1.165) is 0 Å². The smallest absolute Gasteiger partial charge is 0.255 e. The maximum absolute atomic E-state index is 11.1. The van der Waals surface area contributed by atoms with Crippen molar-refractivity contribution in [2.75, 3.05) is 5.73 Å². The number of nitrogen functional groups attached to an aromatic ring is 1. The molecule has 0 saturated heterocycles. The molecule has 13 heavy (non-hydrogen) atoms. The Kier molecular flexibility index (Phi) is 2.32. The fourth-order valence-corrected chi connectivity index (χ4v) is 0.847. The van der Waals surface area contributed by atoms with Gasteiger partial charge in [-0.25, -0.2) is 4.98 Å². The minimum Gasteiger partial charge on any atom is -0.383 e. The lowest BCUT2D eigenvalue weighted by Gasteiger charge is -2.00. The molecular weight excluding hydrogens is 172 g/mol. The zero-order chi connectivity index (χ0) is 10.0. The first kappa shape index (κ1) is 9.24. The van der Waals surface area contributed by atoms with Crippen molar-refractivity contribution in [1.82, 2.24) is 9.97 Å². The third-order valence-electron chi connectivity index (χ3n) is 1.58. The fourth-order valence-electron chi connectivity index (χ4n) is 0.847. The second-order valence-corrected chi connectivity index (χ2v) is 2.67. The Labute approximate surface area is 74.0 Å². The molecule has 0 aliphatic carbocycles. The van der Waals surface area contributed by atoms with E-state index in [4.69, 9.17) is 11.5 Å². The molecular formula is C7H10N4O2. The van der Waals surface area contributed by atoms with Gasteiger partial charge in [0.25, 0.3) is 5.56 Å². The van der Waals surface area contributed by atoms with Gasteiger partial charge in [-0.2, -0.15) is 0 Å². The molecule has 0 radical (unpaired) electrons. The first-order valence-electron chi connectivity index (χ1n) is 3.64. The number of rotatable bonds is 2. The molecule has 0 fully saturated rings. The number of primary amides is 1. The second-order valence-electron chi connectivity index (χ2n) is 2.67. The molecule has 1 aromatic heterocycles. The Morgan fingerprint density at radius 2 is 2.23 bits per heavy atom. The molecule has 70 valence electrons. The lowest BCUT2D eigenvalue weighted by molar-refractivity contribution is -0.117.